The van der Waals surface area contributed by atoms with Crippen molar-refractivity contribution in [2.75, 3.05) is 0 Å². The summed E-state index contributed by atoms with van der Waals surface area (Å²) in [6.07, 6.45) is -11.5. The number of carbonyl (C=O) groups is 1. The topological polar surface area (TPSA) is 17.1 Å². The number of alkyl halides is 6. The molecule has 0 atom stereocenters. The zero-order valence-corrected chi connectivity index (χ0v) is 8.90. The summed E-state index contributed by atoms with van der Waals surface area (Å²) < 4.78 is 72.6. The molecule has 0 radical (unpaired) electrons. The van der Waals surface area contributed by atoms with E-state index in [9.17, 15) is 31.1 Å². The molecular formula is C11H8F6O. The van der Waals surface area contributed by atoms with Crippen LogP contribution in [0.4, 0.5) is 26.3 Å². The highest BCUT2D eigenvalue weighted by Crippen LogP contribution is 2.30. The molecule has 1 aromatic carbocycles. The quantitative estimate of drug-likeness (QED) is 0.764. The molecule has 0 saturated heterocycles. The molecule has 0 aliphatic heterocycles. The fourth-order valence-corrected chi connectivity index (χ4v) is 1.37. The number of halogens is 6. The van der Waals surface area contributed by atoms with E-state index < -0.39 is 36.5 Å². The molecule has 0 unspecified atom stereocenters. The summed E-state index contributed by atoms with van der Waals surface area (Å²) in [5.74, 6) is -1.16. The Labute approximate surface area is 98.4 Å². The van der Waals surface area contributed by atoms with E-state index in [1.807, 2.05) is 0 Å². The van der Waals surface area contributed by atoms with Crippen molar-refractivity contribution >= 4 is 5.78 Å². The van der Waals surface area contributed by atoms with Crippen LogP contribution in [0.5, 0.6) is 0 Å². The van der Waals surface area contributed by atoms with E-state index in [0.29, 0.717) is 6.07 Å². The van der Waals surface area contributed by atoms with E-state index in [2.05, 4.69) is 0 Å². The molecule has 0 saturated carbocycles. The highest BCUT2D eigenvalue weighted by molar-refractivity contribution is 5.81. The van der Waals surface area contributed by atoms with Crippen molar-refractivity contribution in [3.05, 3.63) is 35.4 Å². The summed E-state index contributed by atoms with van der Waals surface area (Å²) in [7, 11) is 0. The molecule has 1 aromatic rings. The Hall–Kier alpha value is -1.53. The van der Waals surface area contributed by atoms with Gasteiger partial charge in [-0.3, -0.25) is 4.79 Å². The summed E-state index contributed by atoms with van der Waals surface area (Å²) in [5.41, 5.74) is -1.07. The third-order valence-corrected chi connectivity index (χ3v) is 2.05. The molecule has 0 bridgehead atoms. The maximum Gasteiger partial charge on any atom is 0.416 e. The number of benzene rings is 1. The first kappa shape index (κ1) is 14.5. The Kier molecular flexibility index (Phi) is 4.03. The highest BCUT2D eigenvalue weighted by atomic mass is 19.4. The molecule has 1 rings (SSSR count). The molecule has 18 heavy (non-hydrogen) atoms. The van der Waals surface area contributed by atoms with Crippen molar-refractivity contribution in [1.29, 1.82) is 0 Å². The first-order valence-electron chi connectivity index (χ1n) is 4.82. The second-order valence-corrected chi connectivity index (χ2v) is 3.71. The largest absolute Gasteiger partial charge is 0.416 e. The van der Waals surface area contributed by atoms with Crippen molar-refractivity contribution in [3.63, 3.8) is 0 Å². The van der Waals surface area contributed by atoms with Crippen LogP contribution >= 0.6 is 0 Å². The molecule has 0 N–H and O–H groups in total. The SMILES string of the molecule is O=C(Cc1cccc(C(F)(F)F)c1)CC(F)(F)F. The molecule has 100 valence electrons. The number of Topliss-reactive ketones (excluding diaryl/α,β-unsaturated/α-hetero) is 1. The lowest BCUT2D eigenvalue weighted by atomic mass is 10.0. The van der Waals surface area contributed by atoms with Crippen molar-refractivity contribution in [2.24, 2.45) is 0 Å². The Bertz CT molecular complexity index is 432. The van der Waals surface area contributed by atoms with E-state index in [1.165, 1.54) is 6.07 Å². The van der Waals surface area contributed by atoms with Gasteiger partial charge in [-0.05, 0) is 11.6 Å². The van der Waals surface area contributed by atoms with Gasteiger partial charge >= 0.3 is 12.4 Å². The fourth-order valence-electron chi connectivity index (χ4n) is 1.37. The van der Waals surface area contributed by atoms with Gasteiger partial charge in [-0.2, -0.15) is 26.3 Å². The van der Waals surface area contributed by atoms with E-state index in [0.717, 1.165) is 12.1 Å². The summed E-state index contributed by atoms with van der Waals surface area (Å²) in [5, 5.41) is 0. The van der Waals surface area contributed by atoms with Crippen molar-refractivity contribution in [2.45, 2.75) is 25.2 Å². The van der Waals surface area contributed by atoms with Crippen LogP contribution in [-0.2, 0) is 17.4 Å². The lowest BCUT2D eigenvalue weighted by molar-refractivity contribution is -0.152. The van der Waals surface area contributed by atoms with Crippen LogP contribution < -0.4 is 0 Å². The van der Waals surface area contributed by atoms with Crippen LogP contribution in [0.15, 0.2) is 24.3 Å². The summed E-state index contributed by atoms with van der Waals surface area (Å²) >= 11 is 0. The Morgan fingerprint density at radius 1 is 1.06 bits per heavy atom. The highest BCUT2D eigenvalue weighted by Gasteiger charge is 2.32. The van der Waals surface area contributed by atoms with E-state index >= 15 is 0 Å². The van der Waals surface area contributed by atoms with Crippen LogP contribution in [0.2, 0.25) is 0 Å². The molecule has 0 aliphatic rings. The van der Waals surface area contributed by atoms with Gasteiger partial charge in [0.15, 0.2) is 0 Å². The van der Waals surface area contributed by atoms with E-state index in [4.69, 9.17) is 0 Å². The van der Waals surface area contributed by atoms with Crippen LogP contribution in [0, 0.1) is 0 Å². The maximum atomic E-state index is 12.3. The second kappa shape index (κ2) is 4.99. The number of carbonyl (C=O) groups excluding carboxylic acids is 1. The third kappa shape index (κ3) is 4.77. The molecule has 0 aromatic heterocycles. The van der Waals surface area contributed by atoms with Crippen molar-refractivity contribution in [3.8, 4) is 0 Å². The lowest BCUT2D eigenvalue weighted by Crippen LogP contribution is -2.16. The number of rotatable bonds is 3. The van der Waals surface area contributed by atoms with Crippen LogP contribution in [0.1, 0.15) is 17.5 Å². The first-order valence-corrected chi connectivity index (χ1v) is 4.82. The number of hydrogen-bond donors (Lipinski definition) is 0. The predicted molar refractivity (Wildman–Crippen MR) is 50.8 cm³/mol. The molecule has 0 aliphatic carbocycles. The average Bonchev–Trinajstić information content (AvgIpc) is 2.13. The zero-order chi connectivity index (χ0) is 14.0. The number of ketones is 1. The minimum atomic E-state index is -4.64. The molecule has 0 spiro atoms. The smallest absolute Gasteiger partial charge is 0.299 e. The molecule has 0 fully saturated rings. The maximum absolute atomic E-state index is 12.3. The van der Waals surface area contributed by atoms with E-state index in [-0.39, 0.29) is 5.56 Å². The third-order valence-electron chi connectivity index (χ3n) is 2.05. The summed E-state index contributed by atoms with van der Waals surface area (Å²) in [6, 6.07) is 3.70. The standard InChI is InChI=1S/C11H8F6O/c12-10(13,14)6-9(18)5-7-2-1-3-8(4-7)11(15,16)17/h1-4H,5-6H2. The Morgan fingerprint density at radius 3 is 2.17 bits per heavy atom. The average molecular weight is 270 g/mol. The van der Waals surface area contributed by atoms with Gasteiger partial charge < -0.3 is 0 Å². The van der Waals surface area contributed by atoms with Gasteiger partial charge in [0.2, 0.25) is 0 Å². The van der Waals surface area contributed by atoms with Gasteiger partial charge in [-0.15, -0.1) is 0 Å². The van der Waals surface area contributed by atoms with Gasteiger partial charge in [-0.25, -0.2) is 0 Å². The molecule has 1 nitrogen and oxygen atoms in total. The van der Waals surface area contributed by atoms with Gasteiger partial charge in [0, 0.05) is 6.42 Å². The van der Waals surface area contributed by atoms with Crippen LogP contribution in [-0.4, -0.2) is 12.0 Å². The minimum absolute atomic E-state index is 0.0842. The lowest BCUT2D eigenvalue weighted by Gasteiger charge is -2.09. The molecule has 7 heteroatoms. The molecular weight excluding hydrogens is 262 g/mol. The zero-order valence-electron chi connectivity index (χ0n) is 8.90. The minimum Gasteiger partial charge on any atom is -0.299 e. The Balaban J connectivity index is 2.77. The normalized spacial score (nSPS) is 12.6. The summed E-state index contributed by atoms with van der Waals surface area (Å²) in [4.78, 5) is 11.0. The first-order chi connectivity index (χ1) is 8.08. The van der Waals surface area contributed by atoms with Crippen molar-refractivity contribution < 1.29 is 31.1 Å². The Morgan fingerprint density at radius 2 is 1.67 bits per heavy atom. The van der Waals surface area contributed by atoms with Gasteiger partial charge in [0.05, 0.1) is 5.56 Å². The second-order valence-electron chi connectivity index (χ2n) is 3.71. The van der Waals surface area contributed by atoms with Gasteiger partial charge in [0.25, 0.3) is 0 Å². The predicted octanol–water partition coefficient (Wildman–Crippen LogP) is 3.77. The van der Waals surface area contributed by atoms with Crippen LogP contribution in [0.25, 0.3) is 0 Å². The van der Waals surface area contributed by atoms with Gasteiger partial charge in [0.1, 0.15) is 12.2 Å². The summed E-state index contributed by atoms with van der Waals surface area (Å²) in [6.45, 7) is 0. The molecule has 0 heterocycles. The van der Waals surface area contributed by atoms with Gasteiger partial charge in [-0.1, -0.05) is 18.2 Å². The van der Waals surface area contributed by atoms with Crippen LogP contribution in [0.3, 0.4) is 0 Å². The van der Waals surface area contributed by atoms with Crippen molar-refractivity contribution in [1.82, 2.24) is 0 Å². The monoisotopic (exact) mass is 270 g/mol. The molecule has 0 amide bonds. The fraction of sp³-hybridized carbons (Fsp3) is 0.364. The number of hydrogen-bond acceptors (Lipinski definition) is 1. The van der Waals surface area contributed by atoms with E-state index in [1.54, 1.807) is 0 Å².